The first kappa shape index (κ1) is 22.7. The van der Waals surface area contributed by atoms with Gasteiger partial charge >= 0.3 is 0 Å². The van der Waals surface area contributed by atoms with Gasteiger partial charge in [-0.3, -0.25) is 4.68 Å². The maximum absolute atomic E-state index is 10.1. The lowest BCUT2D eigenvalue weighted by Crippen LogP contribution is -2.26. The molecule has 5 rings (SSSR count). The zero-order valence-corrected chi connectivity index (χ0v) is 20.6. The van der Waals surface area contributed by atoms with Crippen molar-refractivity contribution in [3.05, 3.63) is 72.6 Å². The Morgan fingerprint density at radius 2 is 1.80 bits per heavy atom. The van der Waals surface area contributed by atoms with Gasteiger partial charge < -0.3 is 15.0 Å². The number of aryl methyl sites for hydroxylation is 2. The third-order valence-corrected chi connectivity index (χ3v) is 6.06. The molecule has 2 N–H and O–H groups in total. The predicted molar refractivity (Wildman–Crippen MR) is 138 cm³/mol. The van der Waals surface area contributed by atoms with E-state index in [2.05, 4.69) is 50.1 Å². The summed E-state index contributed by atoms with van der Waals surface area (Å²) in [4.78, 5) is 13.8. The van der Waals surface area contributed by atoms with E-state index in [0.29, 0.717) is 6.54 Å². The molecule has 178 valence electrons. The molecule has 8 nitrogen and oxygen atoms in total. The minimum Gasteiger partial charge on any atom is -0.389 e. The van der Waals surface area contributed by atoms with Crippen molar-refractivity contribution in [1.29, 1.82) is 0 Å². The van der Waals surface area contributed by atoms with E-state index in [9.17, 15) is 5.11 Å². The van der Waals surface area contributed by atoms with Gasteiger partial charge in [0.05, 0.1) is 41.4 Å². The van der Waals surface area contributed by atoms with Gasteiger partial charge in [0.15, 0.2) is 0 Å². The Bertz CT molecular complexity index is 1520. The van der Waals surface area contributed by atoms with E-state index in [1.807, 2.05) is 50.8 Å². The Morgan fingerprint density at radius 3 is 2.51 bits per heavy atom. The Labute approximate surface area is 204 Å². The van der Waals surface area contributed by atoms with Gasteiger partial charge in [-0.25, -0.2) is 15.0 Å². The molecule has 4 heterocycles. The molecule has 0 atom stereocenters. The first-order valence-electron chi connectivity index (χ1n) is 11.5. The Kier molecular flexibility index (Phi) is 5.61. The second-order valence-electron chi connectivity index (χ2n) is 9.60. The molecule has 8 heteroatoms. The summed E-state index contributed by atoms with van der Waals surface area (Å²) >= 11 is 0. The summed E-state index contributed by atoms with van der Waals surface area (Å²) in [6, 6.07) is 12.2. The molecule has 0 bridgehead atoms. The summed E-state index contributed by atoms with van der Waals surface area (Å²) in [6.07, 6.45) is 7.41. The fourth-order valence-electron chi connectivity index (χ4n) is 4.10. The molecule has 0 aliphatic carbocycles. The highest BCUT2D eigenvalue weighted by molar-refractivity contribution is 5.83. The fourth-order valence-corrected chi connectivity index (χ4v) is 4.10. The Morgan fingerprint density at radius 1 is 0.971 bits per heavy atom. The molecule has 0 radical (unpaired) electrons. The first-order chi connectivity index (χ1) is 16.7. The summed E-state index contributed by atoms with van der Waals surface area (Å²) in [7, 11) is 2.03. The maximum Gasteiger partial charge on any atom is 0.132 e. The molecule has 1 aromatic carbocycles. The highest BCUT2D eigenvalue weighted by Crippen LogP contribution is 2.28. The number of aromatic nitrogens is 6. The van der Waals surface area contributed by atoms with Crippen LogP contribution in [0, 0.1) is 13.8 Å². The van der Waals surface area contributed by atoms with E-state index < -0.39 is 5.60 Å². The quantitative estimate of drug-likeness (QED) is 0.364. The number of rotatable bonds is 6. The molecule has 5 aromatic rings. The van der Waals surface area contributed by atoms with Crippen molar-refractivity contribution < 1.29 is 5.11 Å². The number of pyridine rings is 2. The lowest BCUT2D eigenvalue weighted by molar-refractivity contribution is 0.0577. The Hall–Kier alpha value is -4.04. The van der Waals surface area contributed by atoms with Crippen LogP contribution in [0.15, 0.2) is 61.2 Å². The molecule has 0 amide bonds. The van der Waals surface area contributed by atoms with E-state index in [-0.39, 0.29) is 0 Å². The number of nitrogens with zero attached hydrogens (tertiary/aromatic N) is 6. The number of hydrogen-bond acceptors (Lipinski definition) is 6. The van der Waals surface area contributed by atoms with Crippen molar-refractivity contribution in [3.63, 3.8) is 0 Å². The van der Waals surface area contributed by atoms with Crippen LogP contribution in [0.4, 0.5) is 11.5 Å². The van der Waals surface area contributed by atoms with Crippen LogP contribution >= 0.6 is 0 Å². The number of nitrogens with one attached hydrogen (secondary N) is 1. The van der Waals surface area contributed by atoms with Gasteiger partial charge in [-0.05, 0) is 57.5 Å². The first-order valence-corrected chi connectivity index (χ1v) is 11.5. The van der Waals surface area contributed by atoms with Crippen LogP contribution in [-0.4, -0.2) is 40.0 Å². The number of anilines is 2. The third-order valence-electron chi connectivity index (χ3n) is 6.06. The van der Waals surface area contributed by atoms with Gasteiger partial charge in [0.2, 0.25) is 0 Å². The predicted octanol–water partition coefficient (Wildman–Crippen LogP) is 5.03. The van der Waals surface area contributed by atoms with Crippen molar-refractivity contribution in [1.82, 2.24) is 29.3 Å². The van der Waals surface area contributed by atoms with Gasteiger partial charge in [0.1, 0.15) is 11.6 Å². The average molecular weight is 468 g/mol. The molecule has 0 aliphatic rings. The summed E-state index contributed by atoms with van der Waals surface area (Å²) in [5.41, 5.74) is 6.05. The molecule has 0 aliphatic heterocycles. The van der Waals surface area contributed by atoms with E-state index in [4.69, 9.17) is 4.98 Å². The van der Waals surface area contributed by atoms with Crippen LogP contribution in [0.25, 0.3) is 33.4 Å². The minimum atomic E-state index is -0.834. The molecule has 0 saturated heterocycles. The average Bonchev–Trinajstić information content (AvgIpc) is 3.40. The summed E-state index contributed by atoms with van der Waals surface area (Å²) in [5, 5.41) is 18.8. The van der Waals surface area contributed by atoms with E-state index >= 15 is 0 Å². The topological polar surface area (TPSA) is 93.7 Å². The minimum absolute atomic E-state index is 0.414. The van der Waals surface area contributed by atoms with Gasteiger partial charge in [0.25, 0.3) is 0 Å². The molecular formula is C27H29N7O. The van der Waals surface area contributed by atoms with E-state index in [1.54, 1.807) is 24.7 Å². The number of aliphatic hydroxyl groups is 1. The van der Waals surface area contributed by atoms with Crippen LogP contribution in [0.3, 0.4) is 0 Å². The summed E-state index contributed by atoms with van der Waals surface area (Å²) < 4.78 is 3.82. The van der Waals surface area contributed by atoms with Crippen LogP contribution < -0.4 is 5.32 Å². The fraction of sp³-hybridized carbons (Fsp3) is 0.259. The highest BCUT2D eigenvalue weighted by atomic mass is 16.3. The largest absolute Gasteiger partial charge is 0.389 e. The SMILES string of the molecule is Cc1cc(-c2cnc(C)n2C)ccc1Nc1cc2nc(-c3cnn(CC(C)(C)O)c3)ccc2cn1. The van der Waals surface area contributed by atoms with Gasteiger partial charge in [-0.2, -0.15) is 5.10 Å². The van der Waals surface area contributed by atoms with Crippen molar-refractivity contribution in [2.75, 3.05) is 5.32 Å². The number of imidazole rings is 1. The van der Waals surface area contributed by atoms with Crippen molar-refractivity contribution in [3.8, 4) is 22.5 Å². The summed E-state index contributed by atoms with van der Waals surface area (Å²) in [5.74, 6) is 1.71. The third kappa shape index (κ3) is 4.79. The highest BCUT2D eigenvalue weighted by Gasteiger charge is 2.15. The van der Waals surface area contributed by atoms with Crippen LogP contribution in [0.5, 0.6) is 0 Å². The van der Waals surface area contributed by atoms with Crippen LogP contribution in [-0.2, 0) is 13.6 Å². The zero-order valence-electron chi connectivity index (χ0n) is 20.6. The standard InChI is InChI=1S/C27H29N7O/c1-17-10-19(25-14-28-18(2)33(25)5)6-8-22(17)32-26-11-24-20(12-29-26)7-9-23(31-24)21-13-30-34(15-21)16-27(3,4)35/h6-15,35H,16H2,1-5H3,(H,29,32). The molecule has 0 fully saturated rings. The second-order valence-corrected chi connectivity index (χ2v) is 9.60. The lowest BCUT2D eigenvalue weighted by Gasteiger charge is -2.16. The van der Waals surface area contributed by atoms with E-state index in [0.717, 1.165) is 56.3 Å². The number of benzene rings is 1. The monoisotopic (exact) mass is 467 g/mol. The smallest absolute Gasteiger partial charge is 0.132 e. The maximum atomic E-state index is 10.1. The van der Waals surface area contributed by atoms with Gasteiger partial charge in [-0.15, -0.1) is 0 Å². The number of fused-ring (bicyclic) bond motifs is 1. The Balaban J connectivity index is 1.40. The molecular weight excluding hydrogens is 438 g/mol. The van der Waals surface area contributed by atoms with Crippen LogP contribution in [0.1, 0.15) is 25.2 Å². The zero-order chi connectivity index (χ0) is 24.7. The van der Waals surface area contributed by atoms with Crippen LogP contribution in [0.2, 0.25) is 0 Å². The molecule has 35 heavy (non-hydrogen) atoms. The van der Waals surface area contributed by atoms with Crippen molar-refractivity contribution in [2.45, 2.75) is 39.8 Å². The normalized spacial score (nSPS) is 11.8. The summed E-state index contributed by atoms with van der Waals surface area (Å²) in [6.45, 7) is 8.02. The van der Waals surface area contributed by atoms with Crippen molar-refractivity contribution in [2.24, 2.45) is 7.05 Å². The molecule has 0 spiro atoms. The number of hydrogen-bond donors (Lipinski definition) is 2. The van der Waals surface area contributed by atoms with Crippen molar-refractivity contribution >= 4 is 22.4 Å². The molecule has 0 unspecified atom stereocenters. The second kappa shape index (κ2) is 8.63. The molecule has 0 saturated carbocycles. The lowest BCUT2D eigenvalue weighted by atomic mass is 10.1. The van der Waals surface area contributed by atoms with Gasteiger partial charge in [-0.1, -0.05) is 6.07 Å². The van der Waals surface area contributed by atoms with Gasteiger partial charge in [0, 0.05) is 47.7 Å². The van der Waals surface area contributed by atoms with E-state index in [1.165, 1.54) is 0 Å². The molecule has 4 aromatic heterocycles.